The molecule has 24 heavy (non-hydrogen) atoms. The van der Waals surface area contributed by atoms with Crippen LogP contribution in [0.1, 0.15) is 33.7 Å². The summed E-state index contributed by atoms with van der Waals surface area (Å²) in [6.07, 6.45) is 4.71. The van der Waals surface area contributed by atoms with Crippen LogP contribution in [0.2, 0.25) is 0 Å². The number of amides is 1. The van der Waals surface area contributed by atoms with Crippen LogP contribution in [0.4, 0.5) is 0 Å². The van der Waals surface area contributed by atoms with Gasteiger partial charge >= 0.3 is 0 Å². The van der Waals surface area contributed by atoms with Crippen molar-refractivity contribution < 1.29 is 9.90 Å². The maximum Gasteiger partial charge on any atom is 0.253 e. The fraction of sp³-hybridized carbons (Fsp3) is 0.350. The Morgan fingerprint density at radius 3 is 2.71 bits per heavy atom. The van der Waals surface area contributed by atoms with Crippen LogP contribution in [0.15, 0.2) is 42.5 Å². The second-order valence-corrected chi connectivity index (χ2v) is 6.60. The second kappa shape index (κ2) is 6.65. The molecule has 0 saturated heterocycles. The maximum atomic E-state index is 12.7. The van der Waals surface area contributed by atoms with E-state index in [1.807, 2.05) is 38.1 Å². The first-order chi connectivity index (χ1) is 11.5. The molecule has 2 aromatic rings. The summed E-state index contributed by atoms with van der Waals surface area (Å²) in [4.78, 5) is 12.7. The van der Waals surface area contributed by atoms with Gasteiger partial charge in [0.2, 0.25) is 0 Å². The van der Waals surface area contributed by atoms with Gasteiger partial charge in [0.25, 0.3) is 5.91 Å². The van der Waals surface area contributed by atoms with Gasteiger partial charge in [0.15, 0.2) is 0 Å². The molecule has 0 unspecified atom stereocenters. The van der Waals surface area contributed by atoms with E-state index in [0.29, 0.717) is 5.56 Å². The number of aliphatic hydroxyl groups is 1. The minimum absolute atomic E-state index is 0.00308. The predicted octanol–water partition coefficient (Wildman–Crippen LogP) is 3.07. The molecular weight excluding hydrogens is 300 g/mol. The molecule has 0 saturated carbocycles. The number of rotatable bonds is 4. The van der Waals surface area contributed by atoms with Crippen molar-refractivity contribution in [2.75, 3.05) is 6.61 Å². The molecule has 1 aliphatic carbocycles. The Kier molecular flexibility index (Phi) is 4.58. The van der Waals surface area contributed by atoms with Gasteiger partial charge in [-0.3, -0.25) is 4.79 Å². The second-order valence-electron chi connectivity index (χ2n) is 6.60. The van der Waals surface area contributed by atoms with Crippen LogP contribution < -0.4 is 5.32 Å². The zero-order chi connectivity index (χ0) is 17.3. The number of aryl methyl sites for hydroxylation is 2. The van der Waals surface area contributed by atoms with Crippen LogP contribution in [-0.4, -0.2) is 28.2 Å². The molecule has 126 valence electrons. The van der Waals surface area contributed by atoms with E-state index in [4.69, 9.17) is 0 Å². The monoisotopic (exact) mass is 324 g/mol. The predicted molar refractivity (Wildman–Crippen MR) is 95.6 cm³/mol. The minimum atomic E-state index is -0.0600. The number of aromatic nitrogens is 1. The molecule has 2 atom stereocenters. The van der Waals surface area contributed by atoms with E-state index in [9.17, 15) is 9.90 Å². The van der Waals surface area contributed by atoms with Gasteiger partial charge in [-0.15, -0.1) is 0 Å². The Hall–Kier alpha value is -2.33. The van der Waals surface area contributed by atoms with E-state index >= 15 is 0 Å². The Balaban J connectivity index is 1.84. The normalized spacial score (nSPS) is 19.7. The van der Waals surface area contributed by atoms with Crippen molar-refractivity contribution in [3.8, 4) is 5.69 Å². The van der Waals surface area contributed by atoms with E-state index in [1.165, 1.54) is 5.56 Å². The third-order valence-corrected chi connectivity index (χ3v) is 4.66. The SMILES string of the molecule is Cc1cccc(-n2c(C)cc(C(=O)N[C@@H]3C=C[C@H](CO)C3)c2C)c1. The van der Waals surface area contributed by atoms with Crippen molar-refractivity contribution in [2.24, 2.45) is 5.92 Å². The quantitative estimate of drug-likeness (QED) is 0.849. The van der Waals surface area contributed by atoms with E-state index < -0.39 is 0 Å². The van der Waals surface area contributed by atoms with Crippen molar-refractivity contribution in [2.45, 2.75) is 33.2 Å². The highest BCUT2D eigenvalue weighted by Crippen LogP contribution is 2.23. The molecule has 1 aromatic heterocycles. The summed E-state index contributed by atoms with van der Waals surface area (Å²) in [7, 11) is 0. The van der Waals surface area contributed by atoms with Crippen LogP contribution in [0.5, 0.6) is 0 Å². The number of nitrogens with zero attached hydrogens (tertiary/aromatic N) is 1. The summed E-state index contributed by atoms with van der Waals surface area (Å²) in [5.41, 5.74) is 4.95. The van der Waals surface area contributed by atoms with E-state index in [2.05, 4.69) is 35.0 Å². The van der Waals surface area contributed by atoms with Crippen molar-refractivity contribution in [3.05, 3.63) is 65.0 Å². The molecule has 0 spiro atoms. The maximum absolute atomic E-state index is 12.7. The lowest BCUT2D eigenvalue weighted by atomic mass is 10.1. The van der Waals surface area contributed by atoms with Gasteiger partial charge in [-0.25, -0.2) is 0 Å². The third-order valence-electron chi connectivity index (χ3n) is 4.66. The highest BCUT2D eigenvalue weighted by Gasteiger charge is 2.22. The van der Waals surface area contributed by atoms with Gasteiger partial charge in [-0.1, -0.05) is 24.3 Å². The smallest absolute Gasteiger partial charge is 0.253 e. The van der Waals surface area contributed by atoms with Gasteiger partial charge in [-0.2, -0.15) is 0 Å². The van der Waals surface area contributed by atoms with Gasteiger partial charge in [0.1, 0.15) is 0 Å². The molecule has 0 radical (unpaired) electrons. The summed E-state index contributed by atoms with van der Waals surface area (Å²) in [6.45, 7) is 6.19. The molecule has 1 aromatic carbocycles. The zero-order valence-corrected chi connectivity index (χ0v) is 14.4. The summed E-state index contributed by atoms with van der Waals surface area (Å²) >= 11 is 0. The molecule has 1 aliphatic rings. The Labute approximate surface area is 142 Å². The standard InChI is InChI=1S/C20H24N2O2/c1-13-5-4-6-18(9-13)22-14(2)10-19(15(22)3)20(24)21-17-8-7-16(11-17)12-23/h4-10,16-17,23H,11-12H2,1-3H3,(H,21,24)/t16-,17+/m0/s1. The van der Waals surface area contributed by atoms with Gasteiger partial charge in [-0.05, 0) is 51.0 Å². The number of hydrogen-bond donors (Lipinski definition) is 2. The first-order valence-corrected chi connectivity index (χ1v) is 8.35. The minimum Gasteiger partial charge on any atom is -0.396 e. The number of carbonyl (C=O) groups excluding carboxylic acids is 1. The fourth-order valence-electron chi connectivity index (χ4n) is 3.42. The van der Waals surface area contributed by atoms with Crippen LogP contribution in [0.25, 0.3) is 5.69 Å². The summed E-state index contributed by atoms with van der Waals surface area (Å²) in [6, 6.07) is 10.2. The Morgan fingerprint density at radius 1 is 1.25 bits per heavy atom. The van der Waals surface area contributed by atoms with Crippen molar-refractivity contribution in [1.29, 1.82) is 0 Å². The molecule has 0 aliphatic heterocycles. The fourth-order valence-corrected chi connectivity index (χ4v) is 3.42. The molecule has 0 fully saturated rings. The topological polar surface area (TPSA) is 54.3 Å². The number of nitrogens with one attached hydrogen (secondary N) is 1. The first kappa shape index (κ1) is 16.5. The molecule has 3 rings (SSSR count). The van der Waals surface area contributed by atoms with Crippen molar-refractivity contribution >= 4 is 5.91 Å². The molecule has 4 nitrogen and oxygen atoms in total. The lowest BCUT2D eigenvalue weighted by Crippen LogP contribution is -2.33. The molecule has 1 heterocycles. The highest BCUT2D eigenvalue weighted by atomic mass is 16.3. The van der Waals surface area contributed by atoms with Crippen LogP contribution in [0.3, 0.4) is 0 Å². The van der Waals surface area contributed by atoms with Gasteiger partial charge in [0, 0.05) is 35.6 Å². The van der Waals surface area contributed by atoms with Gasteiger partial charge < -0.3 is 15.0 Å². The average molecular weight is 324 g/mol. The summed E-state index contributed by atoms with van der Waals surface area (Å²) in [5, 5.41) is 12.3. The summed E-state index contributed by atoms with van der Waals surface area (Å²) < 4.78 is 2.11. The molecule has 0 bridgehead atoms. The average Bonchev–Trinajstić information content (AvgIpc) is 3.11. The van der Waals surface area contributed by atoms with Gasteiger partial charge in [0.05, 0.1) is 5.56 Å². The number of carbonyl (C=O) groups is 1. The number of aliphatic hydroxyl groups excluding tert-OH is 1. The highest BCUT2D eigenvalue weighted by molar-refractivity contribution is 5.96. The number of benzene rings is 1. The molecule has 2 N–H and O–H groups in total. The number of hydrogen-bond acceptors (Lipinski definition) is 2. The van der Waals surface area contributed by atoms with E-state index in [0.717, 1.165) is 23.5 Å². The molecular formula is C20H24N2O2. The van der Waals surface area contributed by atoms with Crippen LogP contribution >= 0.6 is 0 Å². The third kappa shape index (κ3) is 3.15. The largest absolute Gasteiger partial charge is 0.396 e. The van der Waals surface area contributed by atoms with Crippen LogP contribution in [0, 0.1) is 26.7 Å². The van der Waals surface area contributed by atoms with E-state index in [1.54, 1.807) is 0 Å². The lowest BCUT2D eigenvalue weighted by Gasteiger charge is -2.13. The van der Waals surface area contributed by atoms with Crippen molar-refractivity contribution in [3.63, 3.8) is 0 Å². The van der Waals surface area contributed by atoms with E-state index in [-0.39, 0.29) is 24.5 Å². The van der Waals surface area contributed by atoms with Crippen LogP contribution in [-0.2, 0) is 0 Å². The first-order valence-electron chi connectivity index (χ1n) is 8.35. The Morgan fingerprint density at radius 2 is 2.04 bits per heavy atom. The van der Waals surface area contributed by atoms with Crippen molar-refractivity contribution in [1.82, 2.24) is 9.88 Å². The zero-order valence-electron chi connectivity index (χ0n) is 14.4. The Bertz CT molecular complexity index is 789. The molecule has 1 amide bonds. The lowest BCUT2D eigenvalue weighted by molar-refractivity contribution is 0.0940. The molecule has 4 heteroatoms. The summed E-state index contributed by atoms with van der Waals surface area (Å²) in [5.74, 6) is 0.0882.